The standard InChI is InChI=1S/C30H35N5O5S.C29H34BrN3O6.C3H8O.CH4N2S/c1-7-18-13-30(18,17(3)36)34-26(37)24-11-19(14-35(24)28(38)40-29(4,5)6)39-25-12-22(23-15-41-27(31)33-23)32-21-10-16(2)8-9-20(21)25;1-7-18-13-29(18,17(3)34)32-26(36)23-11-19(15-33(23)27(37)39-28(4,5)6)38-25-12-22(24(35)14-30)31-21-10-16(2)8-9-20(21)25;1-3(2)4;2-1(3)4/h7-10,12,15,18-19,24H,1,11,13-14H2,2-6H3,(H2,31,33)(H,34,37);7-10,12,18-19,23H,1,11,13-15H2,2-6H3,(H,32,36);3-4H,1-2H3;(H4,2,3,4)/t18-,19-,24+,30+;18-,19-,23+,29+;;/m11../s1. The molecule has 3 aromatic heterocycles. The van der Waals surface area contributed by atoms with Crippen molar-refractivity contribution in [3.63, 3.8) is 0 Å². The lowest BCUT2D eigenvalue weighted by molar-refractivity contribution is -0.130. The van der Waals surface area contributed by atoms with Gasteiger partial charge >= 0.3 is 12.2 Å². The van der Waals surface area contributed by atoms with E-state index in [1.165, 1.54) is 35.0 Å². The molecule has 9 rings (SSSR count). The van der Waals surface area contributed by atoms with Gasteiger partial charge in [-0.3, -0.25) is 33.8 Å². The molecule has 25 heteroatoms. The summed E-state index contributed by atoms with van der Waals surface area (Å²) in [5, 5.41) is 17.7. The van der Waals surface area contributed by atoms with Crippen molar-refractivity contribution >= 4 is 113 Å². The lowest BCUT2D eigenvalue weighted by atomic mass is 10.1. The predicted octanol–water partition coefficient (Wildman–Crippen LogP) is 8.76. The Hall–Kier alpha value is -7.61. The Labute approximate surface area is 530 Å². The van der Waals surface area contributed by atoms with Gasteiger partial charge in [-0.2, -0.15) is 0 Å². The molecule has 4 aliphatic rings. The number of anilines is 1. The summed E-state index contributed by atoms with van der Waals surface area (Å²) in [7, 11) is 0. The van der Waals surface area contributed by atoms with Gasteiger partial charge in [0, 0.05) is 59.1 Å². The number of aryl methyl sites for hydroxylation is 2. The van der Waals surface area contributed by atoms with Crippen molar-refractivity contribution in [2.75, 3.05) is 24.2 Å². The highest BCUT2D eigenvalue weighted by atomic mass is 79.9. The fraction of sp³-hybridized carbons (Fsp3) is 0.476. The number of nitrogens with zero attached hydrogens (tertiary/aromatic N) is 5. The molecule has 8 atom stereocenters. The third-order valence-electron chi connectivity index (χ3n) is 14.6. The molecule has 0 bridgehead atoms. The zero-order valence-corrected chi connectivity index (χ0v) is 55.1. The molecule has 2 aliphatic carbocycles. The number of thiocarbonyl (C=S) groups is 1. The van der Waals surface area contributed by atoms with E-state index < -0.39 is 70.6 Å². The number of ether oxygens (including phenoxy) is 4. The van der Waals surface area contributed by atoms with Gasteiger partial charge < -0.3 is 51.9 Å². The molecule has 0 spiro atoms. The number of halogens is 1. The molecule has 4 fully saturated rings. The normalized spacial score (nSPS) is 22.5. The molecule has 5 aromatic rings. The summed E-state index contributed by atoms with van der Waals surface area (Å²) in [6.07, 6.45) is 2.16. The number of thiazole rings is 1. The minimum atomic E-state index is -0.999. The number of nitrogen functional groups attached to an aromatic ring is 1. The van der Waals surface area contributed by atoms with E-state index in [0.717, 1.165) is 22.0 Å². The van der Waals surface area contributed by atoms with E-state index in [9.17, 15) is 33.6 Å². The van der Waals surface area contributed by atoms with Gasteiger partial charge in [0.05, 0.1) is 35.1 Å². The van der Waals surface area contributed by atoms with Crippen molar-refractivity contribution in [2.45, 2.75) is 161 Å². The summed E-state index contributed by atoms with van der Waals surface area (Å²) < 4.78 is 24.1. The molecule has 2 saturated heterocycles. The average molecular weight is 1310 g/mol. The second-order valence-electron chi connectivity index (χ2n) is 24.6. The van der Waals surface area contributed by atoms with Gasteiger partial charge in [0.25, 0.3) is 0 Å². The third-order valence-corrected chi connectivity index (χ3v) is 15.8. The van der Waals surface area contributed by atoms with Gasteiger partial charge in [-0.1, -0.05) is 40.2 Å². The number of pyridine rings is 2. The molecular weight excluding hydrogens is 1230 g/mol. The largest absolute Gasteiger partial charge is 0.488 e. The Morgan fingerprint density at radius 2 is 1.15 bits per heavy atom. The van der Waals surface area contributed by atoms with E-state index in [1.807, 2.05) is 55.6 Å². The Kier molecular flexibility index (Phi) is 22.3. The number of nitrogens with two attached hydrogens (primary N) is 3. The summed E-state index contributed by atoms with van der Waals surface area (Å²) in [5.41, 5.74) is 16.5. The van der Waals surface area contributed by atoms with Gasteiger partial charge in [0.2, 0.25) is 11.8 Å². The number of amides is 4. The van der Waals surface area contributed by atoms with E-state index in [2.05, 4.69) is 73.4 Å². The zero-order chi connectivity index (χ0) is 65.5. The highest BCUT2D eigenvalue weighted by molar-refractivity contribution is 9.09. The van der Waals surface area contributed by atoms with Crippen LogP contribution in [0, 0.1) is 25.7 Å². The van der Waals surface area contributed by atoms with E-state index in [1.54, 1.807) is 79.7 Å². The van der Waals surface area contributed by atoms with Crippen molar-refractivity contribution in [3.05, 3.63) is 96.0 Å². The second-order valence-corrected chi connectivity index (χ2v) is 26.5. The van der Waals surface area contributed by atoms with Crippen LogP contribution in [0.5, 0.6) is 11.5 Å². The fourth-order valence-corrected chi connectivity index (χ4v) is 11.1. The number of benzene rings is 2. The number of likely N-dealkylation sites (tertiary alicyclic amines) is 2. The Morgan fingerprint density at radius 3 is 1.50 bits per heavy atom. The monoisotopic (exact) mass is 1310 g/mol. The Morgan fingerprint density at radius 1 is 0.739 bits per heavy atom. The predicted molar refractivity (Wildman–Crippen MR) is 346 cm³/mol. The van der Waals surface area contributed by atoms with Crippen LogP contribution in [0.3, 0.4) is 0 Å². The van der Waals surface area contributed by atoms with E-state index >= 15 is 0 Å². The van der Waals surface area contributed by atoms with Gasteiger partial charge in [0.15, 0.2) is 27.6 Å². The lowest BCUT2D eigenvalue weighted by Crippen LogP contribution is -2.53. The maximum atomic E-state index is 13.6. The highest BCUT2D eigenvalue weighted by Crippen LogP contribution is 2.47. The number of carbonyl (C=O) groups is 7. The van der Waals surface area contributed by atoms with Crippen molar-refractivity contribution in [2.24, 2.45) is 23.3 Å². The van der Waals surface area contributed by atoms with Crippen molar-refractivity contribution in [1.82, 2.24) is 35.4 Å². The van der Waals surface area contributed by atoms with Crippen molar-refractivity contribution in [1.29, 1.82) is 0 Å². The minimum Gasteiger partial charge on any atom is -0.488 e. The average Bonchev–Trinajstić information content (AvgIpc) is 3.23. The number of aliphatic hydroxyl groups is 1. The number of nitrogens with one attached hydrogen (secondary N) is 2. The number of aliphatic hydroxyl groups excluding tert-OH is 1. The first-order valence-corrected chi connectivity index (χ1v) is 31.0. The molecule has 2 aliphatic heterocycles. The first-order chi connectivity index (χ1) is 41.0. The molecule has 88 heavy (non-hydrogen) atoms. The van der Waals surface area contributed by atoms with Crippen LogP contribution in [0.1, 0.15) is 117 Å². The summed E-state index contributed by atoms with van der Waals surface area (Å²) >= 11 is 8.62. The minimum absolute atomic E-state index is 0.000000000000000222. The topological polar surface area (TPSA) is 324 Å². The maximum Gasteiger partial charge on any atom is 0.411 e. The number of hydrogen-bond donors (Lipinski definition) is 6. The smallest absolute Gasteiger partial charge is 0.411 e. The van der Waals surface area contributed by atoms with E-state index in [-0.39, 0.29) is 77.4 Å². The zero-order valence-electron chi connectivity index (χ0n) is 51.9. The van der Waals surface area contributed by atoms with Crippen molar-refractivity contribution < 1.29 is 57.6 Å². The van der Waals surface area contributed by atoms with Crippen LogP contribution >= 0.6 is 39.5 Å². The van der Waals surface area contributed by atoms with Gasteiger partial charge in [-0.25, -0.2) is 24.5 Å². The van der Waals surface area contributed by atoms with Crippen LogP contribution in [0.2, 0.25) is 0 Å². The molecule has 0 unspecified atom stereocenters. The van der Waals surface area contributed by atoms with E-state index in [4.69, 9.17) is 34.8 Å². The molecule has 9 N–H and O–H groups in total. The molecule has 4 amide bonds. The molecule has 474 valence electrons. The first kappa shape index (κ1) is 69.5. The van der Waals surface area contributed by atoms with Crippen LogP contribution in [0.25, 0.3) is 33.2 Å². The fourth-order valence-electron chi connectivity index (χ4n) is 10.2. The highest BCUT2D eigenvalue weighted by Gasteiger charge is 2.60. The quantitative estimate of drug-likeness (QED) is 0.0247. The van der Waals surface area contributed by atoms with Crippen LogP contribution in [0.4, 0.5) is 14.7 Å². The number of hydrogen-bond acceptors (Lipinski definition) is 18. The third kappa shape index (κ3) is 17.6. The second kappa shape index (κ2) is 28.3. The number of ketones is 3. The number of alkyl halides is 1. The van der Waals surface area contributed by atoms with Crippen LogP contribution in [0.15, 0.2) is 79.2 Å². The summed E-state index contributed by atoms with van der Waals surface area (Å²) in [4.78, 5) is 107. The summed E-state index contributed by atoms with van der Waals surface area (Å²) in [5.74, 6) is -0.659. The molecule has 22 nitrogen and oxygen atoms in total. The molecule has 0 radical (unpaired) electrons. The lowest BCUT2D eigenvalue weighted by Gasteiger charge is -2.28. The van der Waals surface area contributed by atoms with Crippen LogP contribution in [-0.4, -0.2) is 147 Å². The summed E-state index contributed by atoms with van der Waals surface area (Å²) in [6.45, 7) is 28.6. The number of aromatic nitrogens is 3. The molecule has 2 aromatic carbocycles. The van der Waals surface area contributed by atoms with Crippen LogP contribution < -0.4 is 37.3 Å². The van der Waals surface area contributed by atoms with Crippen LogP contribution in [-0.2, 0) is 28.7 Å². The Bertz CT molecular complexity index is 3500. The SMILES string of the molecule is C=C[C@@H]1C[C@]1(NC(=O)[C@@H]1C[C@@H](Oc2cc(-c3csc(N)n3)nc3cc(C)ccc23)CN1C(=O)OC(C)(C)C)C(C)=O.C=C[C@@H]1C[C@]1(NC(=O)[C@@H]1C[C@@H](Oc2cc(C(=O)CBr)nc3cc(C)ccc23)CN1C(=O)OC(C)(C)C)C(C)=O.CC(C)O.NC(N)=S. The van der Waals surface area contributed by atoms with Gasteiger partial charge in [0.1, 0.15) is 69.5 Å². The van der Waals surface area contributed by atoms with E-state index in [0.29, 0.717) is 51.8 Å². The number of Topliss-reactive ketones (excluding diaryl/α,β-unsaturated/α-hetero) is 3. The molecule has 5 heterocycles. The summed E-state index contributed by atoms with van der Waals surface area (Å²) in [6, 6.07) is 13.2. The number of carbonyl (C=O) groups excluding carboxylic acids is 7. The molecule has 2 saturated carbocycles. The maximum absolute atomic E-state index is 13.6. The Balaban J connectivity index is 0.000000251. The number of rotatable bonds is 15. The molecular formula is C63H81BrN10O12S2. The van der Waals surface area contributed by atoms with Crippen molar-refractivity contribution in [3.8, 4) is 22.9 Å². The number of fused-ring (bicyclic) bond motifs is 2. The van der Waals surface area contributed by atoms with Gasteiger partial charge in [-0.05, 0) is 144 Å². The van der Waals surface area contributed by atoms with Gasteiger partial charge in [-0.15, -0.1) is 24.5 Å². The first-order valence-electron chi connectivity index (χ1n) is 28.6.